The summed E-state index contributed by atoms with van der Waals surface area (Å²) in [4.78, 5) is 15.0. The summed E-state index contributed by atoms with van der Waals surface area (Å²) in [5.41, 5.74) is 5.74. The zero-order valence-corrected chi connectivity index (χ0v) is 17.2. The summed E-state index contributed by atoms with van der Waals surface area (Å²) in [7, 11) is 0. The molecule has 0 radical (unpaired) electrons. The third-order valence-electron chi connectivity index (χ3n) is 4.27. The third kappa shape index (κ3) is 4.46. The minimum atomic E-state index is -0.0214. The van der Waals surface area contributed by atoms with Crippen molar-refractivity contribution in [1.29, 1.82) is 0 Å². The van der Waals surface area contributed by atoms with Crippen molar-refractivity contribution in [2.24, 2.45) is 0 Å². The third-order valence-corrected chi connectivity index (χ3v) is 5.45. The normalized spacial score (nSPS) is 10.5. The standard InChI is InChI=1S/C23H21NOS2/c1-16-14-17(2)21(18(3)15-16)22(25)27-23(26)24(19-10-6-4-7-11-19)20-12-8-5-9-13-20/h4-15H,1-3H3. The van der Waals surface area contributed by atoms with Gasteiger partial charge >= 0.3 is 0 Å². The number of nitrogens with zero attached hydrogens (tertiary/aromatic N) is 1. The first-order valence-corrected chi connectivity index (χ1v) is 9.94. The van der Waals surface area contributed by atoms with Crippen molar-refractivity contribution >= 4 is 44.8 Å². The monoisotopic (exact) mass is 391 g/mol. The van der Waals surface area contributed by atoms with E-state index in [0.717, 1.165) is 45.4 Å². The highest BCUT2D eigenvalue weighted by Gasteiger charge is 2.21. The minimum absolute atomic E-state index is 0.0214. The Morgan fingerprint density at radius 1 is 0.815 bits per heavy atom. The molecule has 0 aliphatic rings. The molecule has 0 spiro atoms. The predicted molar refractivity (Wildman–Crippen MR) is 120 cm³/mol. The highest BCUT2D eigenvalue weighted by Crippen LogP contribution is 2.31. The maximum atomic E-state index is 13.0. The van der Waals surface area contributed by atoms with Crippen LogP contribution in [0, 0.1) is 20.8 Å². The highest BCUT2D eigenvalue weighted by atomic mass is 32.2. The molecule has 27 heavy (non-hydrogen) atoms. The second kappa shape index (κ2) is 8.51. The van der Waals surface area contributed by atoms with Gasteiger partial charge in [0.05, 0.1) is 0 Å². The molecule has 0 saturated carbocycles. The molecule has 0 bridgehead atoms. The zero-order valence-electron chi connectivity index (χ0n) is 15.6. The molecule has 0 aliphatic carbocycles. The van der Waals surface area contributed by atoms with Crippen LogP contribution >= 0.6 is 24.0 Å². The summed E-state index contributed by atoms with van der Waals surface area (Å²) in [5, 5.41) is -0.0214. The molecule has 0 amide bonds. The van der Waals surface area contributed by atoms with Gasteiger partial charge in [-0.2, -0.15) is 0 Å². The number of rotatable bonds is 3. The summed E-state index contributed by atoms with van der Waals surface area (Å²) in [6.45, 7) is 5.99. The lowest BCUT2D eigenvalue weighted by molar-refractivity contribution is 0.108. The first-order chi connectivity index (χ1) is 13.0. The van der Waals surface area contributed by atoms with E-state index in [0.29, 0.717) is 4.32 Å². The lowest BCUT2D eigenvalue weighted by atomic mass is 10.0. The average Bonchev–Trinajstić information content (AvgIpc) is 2.62. The van der Waals surface area contributed by atoms with E-state index < -0.39 is 0 Å². The molecule has 2 nitrogen and oxygen atoms in total. The number of carbonyl (C=O) groups is 1. The van der Waals surface area contributed by atoms with E-state index in [9.17, 15) is 4.79 Å². The van der Waals surface area contributed by atoms with Crippen LogP contribution < -0.4 is 4.90 Å². The van der Waals surface area contributed by atoms with Crippen LogP contribution in [0.1, 0.15) is 27.0 Å². The minimum Gasteiger partial charge on any atom is -0.296 e. The van der Waals surface area contributed by atoms with Crippen molar-refractivity contribution in [2.75, 3.05) is 4.90 Å². The van der Waals surface area contributed by atoms with Crippen LogP contribution in [0.2, 0.25) is 0 Å². The van der Waals surface area contributed by atoms with Crippen LogP contribution in [-0.4, -0.2) is 9.44 Å². The number of para-hydroxylation sites is 2. The second-order valence-electron chi connectivity index (χ2n) is 6.44. The van der Waals surface area contributed by atoms with E-state index in [1.807, 2.05) is 98.5 Å². The lowest BCUT2D eigenvalue weighted by Gasteiger charge is -2.25. The van der Waals surface area contributed by atoms with Crippen molar-refractivity contribution in [3.05, 3.63) is 95.1 Å². The molecule has 3 aromatic rings. The molecule has 136 valence electrons. The van der Waals surface area contributed by atoms with E-state index in [1.54, 1.807) is 0 Å². The van der Waals surface area contributed by atoms with Gasteiger partial charge in [-0.1, -0.05) is 66.3 Å². The fourth-order valence-corrected chi connectivity index (χ4v) is 4.51. The fourth-order valence-electron chi connectivity index (χ4n) is 3.19. The van der Waals surface area contributed by atoms with Gasteiger partial charge in [0.2, 0.25) is 5.12 Å². The highest BCUT2D eigenvalue weighted by molar-refractivity contribution is 8.33. The molecule has 0 N–H and O–H groups in total. The first-order valence-electron chi connectivity index (χ1n) is 8.71. The van der Waals surface area contributed by atoms with E-state index in [4.69, 9.17) is 12.2 Å². The SMILES string of the molecule is Cc1cc(C)c(C(=O)SC(=S)N(c2ccccc2)c2ccccc2)c(C)c1. The van der Waals surface area contributed by atoms with Gasteiger partial charge in [0, 0.05) is 16.9 Å². The summed E-state index contributed by atoms with van der Waals surface area (Å²) in [6, 6.07) is 23.8. The number of hydrogen-bond donors (Lipinski definition) is 0. The summed E-state index contributed by atoms with van der Waals surface area (Å²) in [6.07, 6.45) is 0. The summed E-state index contributed by atoms with van der Waals surface area (Å²) < 4.78 is 0.511. The molecule has 0 unspecified atom stereocenters. The van der Waals surface area contributed by atoms with Gasteiger partial charge < -0.3 is 0 Å². The molecule has 0 fully saturated rings. The lowest BCUT2D eigenvalue weighted by Crippen LogP contribution is -2.23. The molecular weight excluding hydrogens is 370 g/mol. The fraction of sp³-hybridized carbons (Fsp3) is 0.130. The van der Waals surface area contributed by atoms with E-state index in [-0.39, 0.29) is 5.12 Å². The number of benzene rings is 3. The van der Waals surface area contributed by atoms with Crippen LogP contribution in [0.25, 0.3) is 0 Å². The van der Waals surface area contributed by atoms with Crippen molar-refractivity contribution in [1.82, 2.24) is 0 Å². The van der Waals surface area contributed by atoms with E-state index >= 15 is 0 Å². The Morgan fingerprint density at radius 2 is 1.26 bits per heavy atom. The van der Waals surface area contributed by atoms with Gasteiger partial charge in [0.1, 0.15) is 0 Å². The molecule has 0 aliphatic heterocycles. The first kappa shape index (κ1) is 19.3. The number of aryl methyl sites for hydroxylation is 3. The zero-order chi connectivity index (χ0) is 19.4. The van der Waals surface area contributed by atoms with Crippen molar-refractivity contribution < 1.29 is 4.79 Å². The van der Waals surface area contributed by atoms with Crippen LogP contribution in [0.15, 0.2) is 72.8 Å². The van der Waals surface area contributed by atoms with Crippen LogP contribution in [-0.2, 0) is 0 Å². The molecule has 0 saturated heterocycles. The van der Waals surface area contributed by atoms with Gasteiger partial charge in [-0.15, -0.1) is 0 Å². The molecule has 3 aromatic carbocycles. The smallest absolute Gasteiger partial charge is 0.226 e. The predicted octanol–water partition coefficient (Wildman–Crippen LogP) is 6.61. The average molecular weight is 392 g/mol. The van der Waals surface area contributed by atoms with Crippen LogP contribution in [0.4, 0.5) is 11.4 Å². The van der Waals surface area contributed by atoms with Crippen LogP contribution in [0.5, 0.6) is 0 Å². The molecule has 3 rings (SSSR count). The Labute approximate surface area is 170 Å². The molecule has 0 atom stereocenters. The number of anilines is 2. The van der Waals surface area contributed by atoms with Gasteiger partial charge in [-0.3, -0.25) is 9.69 Å². The Hall–Kier alpha value is -2.43. The molecular formula is C23H21NOS2. The maximum Gasteiger partial charge on any atom is 0.226 e. The summed E-state index contributed by atoms with van der Waals surface area (Å²) in [5.74, 6) is 0. The Bertz CT molecular complexity index is 906. The van der Waals surface area contributed by atoms with Gasteiger partial charge in [0.25, 0.3) is 0 Å². The summed E-state index contributed by atoms with van der Waals surface area (Å²) >= 11 is 6.80. The van der Waals surface area contributed by atoms with Crippen molar-refractivity contribution in [3.63, 3.8) is 0 Å². The number of hydrogen-bond acceptors (Lipinski definition) is 3. The Morgan fingerprint density at radius 3 is 1.70 bits per heavy atom. The maximum absolute atomic E-state index is 13.0. The van der Waals surface area contributed by atoms with Crippen molar-refractivity contribution in [2.45, 2.75) is 20.8 Å². The van der Waals surface area contributed by atoms with Gasteiger partial charge in [-0.05, 0) is 67.9 Å². The molecule has 0 aromatic heterocycles. The Kier molecular flexibility index (Phi) is 6.09. The van der Waals surface area contributed by atoms with Gasteiger partial charge in [0.15, 0.2) is 4.32 Å². The van der Waals surface area contributed by atoms with Crippen LogP contribution in [0.3, 0.4) is 0 Å². The number of thioether (sulfide) groups is 1. The number of carbonyl (C=O) groups excluding carboxylic acids is 1. The Balaban J connectivity index is 1.93. The largest absolute Gasteiger partial charge is 0.296 e. The topological polar surface area (TPSA) is 20.3 Å². The van der Waals surface area contributed by atoms with Crippen molar-refractivity contribution in [3.8, 4) is 0 Å². The van der Waals surface area contributed by atoms with Gasteiger partial charge in [-0.25, -0.2) is 0 Å². The van der Waals surface area contributed by atoms with E-state index in [1.165, 1.54) is 0 Å². The molecule has 4 heteroatoms. The number of thiocarbonyl (C=S) groups is 1. The second-order valence-corrected chi connectivity index (χ2v) is 8.04. The quantitative estimate of drug-likeness (QED) is 0.468. The van der Waals surface area contributed by atoms with E-state index in [2.05, 4.69) is 0 Å². The molecule has 0 heterocycles.